The normalized spacial score (nSPS) is 24.3. The van der Waals surface area contributed by atoms with Crippen LogP contribution in [-0.4, -0.2) is 36.5 Å². The monoisotopic (exact) mass is 418 g/mol. The van der Waals surface area contributed by atoms with Crippen molar-refractivity contribution in [3.05, 3.63) is 71.3 Å². The number of nitrogens with zero attached hydrogens (tertiary/aromatic N) is 1. The van der Waals surface area contributed by atoms with Crippen LogP contribution in [0.4, 0.5) is 0 Å². The molecule has 31 heavy (non-hydrogen) atoms. The summed E-state index contributed by atoms with van der Waals surface area (Å²) in [5.41, 5.74) is 4.02. The zero-order valence-corrected chi connectivity index (χ0v) is 19.4. The number of hydrogen-bond donors (Lipinski definition) is 1. The minimum atomic E-state index is -0.0631. The summed E-state index contributed by atoms with van der Waals surface area (Å²) in [6.45, 7) is 10.0. The molecule has 1 N–H and O–H groups in total. The molecular formula is C28H38N2O. The molecule has 3 nitrogen and oxygen atoms in total. The molecule has 0 bridgehead atoms. The fraction of sp³-hybridized carbons (Fsp3) is 0.536. The van der Waals surface area contributed by atoms with Gasteiger partial charge in [-0.15, -0.1) is 0 Å². The van der Waals surface area contributed by atoms with Crippen LogP contribution < -0.4 is 5.32 Å². The molecule has 4 rings (SSSR count). The van der Waals surface area contributed by atoms with Crippen LogP contribution in [0.25, 0.3) is 0 Å². The highest BCUT2D eigenvalue weighted by Crippen LogP contribution is 2.39. The molecular weight excluding hydrogens is 380 g/mol. The van der Waals surface area contributed by atoms with Gasteiger partial charge in [0.05, 0.1) is 5.92 Å². The van der Waals surface area contributed by atoms with Gasteiger partial charge in [-0.2, -0.15) is 0 Å². The van der Waals surface area contributed by atoms with E-state index in [1.165, 1.54) is 37.1 Å². The summed E-state index contributed by atoms with van der Waals surface area (Å²) in [5.74, 6) is 1.81. The summed E-state index contributed by atoms with van der Waals surface area (Å²) in [6.07, 6.45) is 4.76. The second-order valence-electron chi connectivity index (χ2n) is 10.0. The third-order valence-electron chi connectivity index (χ3n) is 7.55. The largest absolute Gasteiger partial charge is 0.352 e. The number of likely N-dealkylation sites (tertiary alicyclic amines) is 1. The molecule has 0 aromatic heterocycles. The number of carbonyl (C=O) groups is 1. The maximum Gasteiger partial charge on any atom is 0.228 e. The molecule has 1 saturated heterocycles. The van der Waals surface area contributed by atoms with Crippen LogP contribution in [-0.2, 0) is 11.2 Å². The first-order chi connectivity index (χ1) is 15.0. The first kappa shape index (κ1) is 22.1. The van der Waals surface area contributed by atoms with E-state index >= 15 is 0 Å². The molecule has 2 aromatic carbocycles. The van der Waals surface area contributed by atoms with Gasteiger partial charge in [-0.3, -0.25) is 4.79 Å². The predicted octanol–water partition coefficient (Wildman–Crippen LogP) is 5.19. The topological polar surface area (TPSA) is 32.3 Å². The highest BCUT2D eigenvalue weighted by Gasteiger charge is 2.43. The van der Waals surface area contributed by atoms with Gasteiger partial charge in [-0.05, 0) is 73.6 Å². The quantitative estimate of drug-likeness (QED) is 0.639. The molecule has 1 heterocycles. The molecule has 1 amide bonds. The second-order valence-corrected chi connectivity index (χ2v) is 10.0. The van der Waals surface area contributed by atoms with Gasteiger partial charge < -0.3 is 10.2 Å². The summed E-state index contributed by atoms with van der Waals surface area (Å²) in [4.78, 5) is 15.9. The predicted molar refractivity (Wildman–Crippen MR) is 128 cm³/mol. The standard InChI is InChI=1S/C28H38N2O/c1-20(2)27(23-12-5-4-6-13-23)28(31)29-26-16-15-24-18-30(19-25(24)26)17-9-14-22-11-8-7-10-21(22)3/h4-8,10-13,20,24-27H,9,14-19H2,1-3H3,(H,29,31)/t24-,25+,26+,27?/m1/s1. The van der Waals surface area contributed by atoms with Crippen LogP contribution in [0.15, 0.2) is 54.6 Å². The average Bonchev–Trinajstić information content (AvgIpc) is 3.31. The van der Waals surface area contributed by atoms with E-state index in [4.69, 9.17) is 0 Å². The van der Waals surface area contributed by atoms with E-state index in [1.807, 2.05) is 18.2 Å². The first-order valence-electron chi connectivity index (χ1n) is 12.1. The fourth-order valence-electron chi connectivity index (χ4n) is 5.88. The Morgan fingerprint density at radius 2 is 1.77 bits per heavy atom. The fourth-order valence-corrected chi connectivity index (χ4v) is 5.88. The molecule has 1 unspecified atom stereocenters. The molecule has 2 aliphatic rings. The number of rotatable bonds is 8. The Labute approximate surface area is 188 Å². The van der Waals surface area contributed by atoms with Crippen molar-refractivity contribution in [3.8, 4) is 0 Å². The molecule has 1 aliphatic carbocycles. The van der Waals surface area contributed by atoms with E-state index in [0.717, 1.165) is 30.9 Å². The minimum Gasteiger partial charge on any atom is -0.352 e. The first-order valence-corrected chi connectivity index (χ1v) is 12.1. The van der Waals surface area contributed by atoms with Gasteiger partial charge in [0.1, 0.15) is 0 Å². The van der Waals surface area contributed by atoms with E-state index < -0.39 is 0 Å². The smallest absolute Gasteiger partial charge is 0.228 e. The van der Waals surface area contributed by atoms with Gasteiger partial charge in [-0.1, -0.05) is 68.4 Å². The van der Waals surface area contributed by atoms with Crippen LogP contribution in [0, 0.1) is 24.7 Å². The Kier molecular flexibility index (Phi) is 7.12. The Bertz CT molecular complexity index is 862. The zero-order chi connectivity index (χ0) is 21.8. The summed E-state index contributed by atoms with van der Waals surface area (Å²) in [6, 6.07) is 19.4. The van der Waals surface area contributed by atoms with E-state index in [2.05, 4.69) is 67.4 Å². The van der Waals surface area contributed by atoms with E-state index in [1.54, 1.807) is 0 Å². The third kappa shape index (κ3) is 5.20. The number of nitrogens with one attached hydrogen (secondary N) is 1. The highest BCUT2D eigenvalue weighted by atomic mass is 16.2. The second kappa shape index (κ2) is 9.99. The summed E-state index contributed by atoms with van der Waals surface area (Å²) >= 11 is 0. The third-order valence-corrected chi connectivity index (χ3v) is 7.55. The van der Waals surface area contributed by atoms with Crippen LogP contribution in [0.2, 0.25) is 0 Å². The van der Waals surface area contributed by atoms with Crippen LogP contribution in [0.3, 0.4) is 0 Å². The number of benzene rings is 2. The molecule has 2 aromatic rings. The number of aryl methyl sites for hydroxylation is 2. The molecule has 166 valence electrons. The van der Waals surface area contributed by atoms with Crippen molar-refractivity contribution in [2.45, 2.75) is 58.4 Å². The highest BCUT2D eigenvalue weighted by molar-refractivity contribution is 5.84. The van der Waals surface area contributed by atoms with Crippen LogP contribution >= 0.6 is 0 Å². The van der Waals surface area contributed by atoms with Crippen molar-refractivity contribution in [2.24, 2.45) is 17.8 Å². The number of amides is 1. The van der Waals surface area contributed by atoms with Crippen molar-refractivity contribution >= 4 is 5.91 Å². The summed E-state index contributed by atoms with van der Waals surface area (Å²) in [7, 11) is 0. The maximum atomic E-state index is 13.2. The molecule has 2 fully saturated rings. The van der Waals surface area contributed by atoms with Crippen LogP contribution in [0.5, 0.6) is 0 Å². The van der Waals surface area contributed by atoms with Crippen molar-refractivity contribution in [1.82, 2.24) is 10.2 Å². The Morgan fingerprint density at radius 1 is 1.03 bits per heavy atom. The van der Waals surface area contributed by atoms with Gasteiger partial charge in [0.2, 0.25) is 5.91 Å². The van der Waals surface area contributed by atoms with Crippen molar-refractivity contribution in [2.75, 3.05) is 19.6 Å². The molecule has 1 saturated carbocycles. The maximum absolute atomic E-state index is 13.2. The molecule has 3 heteroatoms. The van der Waals surface area contributed by atoms with Gasteiger partial charge in [0, 0.05) is 19.1 Å². The van der Waals surface area contributed by atoms with Gasteiger partial charge in [0.15, 0.2) is 0 Å². The molecule has 1 aliphatic heterocycles. The Balaban J connectivity index is 1.30. The number of fused-ring (bicyclic) bond motifs is 1. The van der Waals surface area contributed by atoms with Crippen molar-refractivity contribution in [3.63, 3.8) is 0 Å². The SMILES string of the molecule is Cc1ccccc1CCCN1C[C@H]2CC[C@H](NC(=O)C(c3ccccc3)C(C)C)[C@H]2C1. The number of hydrogen-bond acceptors (Lipinski definition) is 2. The Hall–Kier alpha value is -2.13. The van der Waals surface area contributed by atoms with Gasteiger partial charge >= 0.3 is 0 Å². The average molecular weight is 419 g/mol. The summed E-state index contributed by atoms with van der Waals surface area (Å²) in [5, 5.41) is 3.47. The Morgan fingerprint density at radius 3 is 2.52 bits per heavy atom. The summed E-state index contributed by atoms with van der Waals surface area (Å²) < 4.78 is 0. The van der Waals surface area contributed by atoms with Crippen molar-refractivity contribution in [1.29, 1.82) is 0 Å². The number of carbonyl (C=O) groups excluding carboxylic acids is 1. The zero-order valence-electron chi connectivity index (χ0n) is 19.4. The molecule has 0 radical (unpaired) electrons. The molecule has 4 atom stereocenters. The van der Waals surface area contributed by atoms with Gasteiger partial charge in [0.25, 0.3) is 0 Å². The van der Waals surface area contributed by atoms with E-state index in [0.29, 0.717) is 17.9 Å². The lowest BCUT2D eigenvalue weighted by atomic mass is 9.87. The lowest BCUT2D eigenvalue weighted by Crippen LogP contribution is -2.43. The lowest BCUT2D eigenvalue weighted by molar-refractivity contribution is -0.124. The minimum absolute atomic E-state index is 0.0631. The van der Waals surface area contributed by atoms with E-state index in [-0.39, 0.29) is 11.8 Å². The lowest BCUT2D eigenvalue weighted by Gasteiger charge is -2.26. The molecule has 0 spiro atoms. The van der Waals surface area contributed by atoms with E-state index in [9.17, 15) is 4.79 Å². The van der Waals surface area contributed by atoms with Gasteiger partial charge in [-0.25, -0.2) is 0 Å². The van der Waals surface area contributed by atoms with Crippen molar-refractivity contribution < 1.29 is 4.79 Å². The van der Waals surface area contributed by atoms with Crippen LogP contribution in [0.1, 0.15) is 55.7 Å².